The molecule has 0 saturated carbocycles. The van der Waals surface area contributed by atoms with Gasteiger partial charge in [0.1, 0.15) is 0 Å². The fraction of sp³-hybridized carbons (Fsp3) is 0.472. The molecule has 0 atom stereocenters. The molecule has 3 aromatic rings. The molecular formula is C36H49N3. The molecule has 3 nitrogen and oxygen atoms in total. The predicted octanol–water partition coefficient (Wildman–Crippen LogP) is 9.54. The lowest BCUT2D eigenvalue weighted by Crippen LogP contribution is -2.36. The third-order valence-electron chi connectivity index (χ3n) is 7.58. The fourth-order valence-electron chi connectivity index (χ4n) is 5.03. The Balaban J connectivity index is 1.69. The Morgan fingerprint density at radius 3 is 1.49 bits per heavy atom. The first-order valence-electron chi connectivity index (χ1n) is 15.2. The van der Waals surface area contributed by atoms with Crippen LogP contribution in [-0.4, -0.2) is 36.0 Å². The minimum atomic E-state index is 0.687. The highest BCUT2D eigenvalue weighted by atomic mass is 15.2. The average molecular weight is 524 g/mol. The van der Waals surface area contributed by atoms with Gasteiger partial charge >= 0.3 is 0 Å². The Hall–Kier alpha value is -2.93. The van der Waals surface area contributed by atoms with Gasteiger partial charge in [-0.2, -0.15) is 0 Å². The van der Waals surface area contributed by atoms with Crippen LogP contribution in [-0.2, 0) is 19.5 Å². The van der Waals surface area contributed by atoms with E-state index in [9.17, 15) is 0 Å². The summed E-state index contributed by atoms with van der Waals surface area (Å²) < 4.78 is 0. The monoisotopic (exact) mass is 523 g/mol. The molecule has 0 amide bonds. The van der Waals surface area contributed by atoms with E-state index >= 15 is 0 Å². The molecule has 0 bridgehead atoms. The van der Waals surface area contributed by atoms with Gasteiger partial charge in [0.2, 0.25) is 0 Å². The largest absolute Gasteiger partial charge is 0.302 e. The van der Waals surface area contributed by atoms with Crippen LogP contribution in [0, 0.1) is 6.57 Å². The number of nitrogens with zero attached hydrogens (tertiary/aromatic N) is 3. The summed E-state index contributed by atoms with van der Waals surface area (Å²) in [5, 5.41) is 0. The highest BCUT2D eigenvalue weighted by molar-refractivity contribution is 5.66. The molecule has 0 N–H and O–H groups in total. The predicted molar refractivity (Wildman–Crippen MR) is 168 cm³/mol. The molecule has 0 spiro atoms. The second-order valence-corrected chi connectivity index (χ2v) is 10.9. The Kier molecular flexibility index (Phi) is 13.8. The van der Waals surface area contributed by atoms with Crippen LogP contribution in [0.4, 0.5) is 5.69 Å². The molecule has 0 aromatic heterocycles. The first kappa shape index (κ1) is 30.6. The van der Waals surface area contributed by atoms with Crippen molar-refractivity contribution < 1.29 is 0 Å². The van der Waals surface area contributed by atoms with E-state index in [2.05, 4.69) is 83.9 Å². The molecule has 3 rings (SSSR count). The highest BCUT2D eigenvalue weighted by Crippen LogP contribution is 2.24. The summed E-state index contributed by atoms with van der Waals surface area (Å²) >= 11 is 0. The standard InChI is InChI=1S/C36H49N3/c1-5-8-11-12-31-13-15-32(16-14-31)29-39(28-27-38(25-9-6-2)26-10-7-3)30-33-17-19-34(20-18-33)35-21-23-36(37-4)24-22-35/h13-24H,5-12,25-30H2,1-3H3. The van der Waals surface area contributed by atoms with Crippen LogP contribution < -0.4 is 0 Å². The summed E-state index contributed by atoms with van der Waals surface area (Å²) in [5.74, 6) is 0. The second kappa shape index (κ2) is 17.6. The number of hydrogen-bond donors (Lipinski definition) is 0. The zero-order valence-corrected chi connectivity index (χ0v) is 24.7. The highest BCUT2D eigenvalue weighted by Gasteiger charge is 2.12. The normalized spacial score (nSPS) is 11.3. The van der Waals surface area contributed by atoms with Crippen LogP contribution in [0.15, 0.2) is 72.8 Å². The molecule has 3 heteroatoms. The van der Waals surface area contributed by atoms with E-state index in [4.69, 9.17) is 6.57 Å². The lowest BCUT2D eigenvalue weighted by atomic mass is 10.0. The van der Waals surface area contributed by atoms with Gasteiger partial charge < -0.3 is 4.90 Å². The van der Waals surface area contributed by atoms with Crippen molar-refractivity contribution in [2.24, 2.45) is 0 Å². The molecule has 39 heavy (non-hydrogen) atoms. The van der Waals surface area contributed by atoms with Gasteiger partial charge in [0.25, 0.3) is 0 Å². The first-order chi connectivity index (χ1) is 19.1. The van der Waals surface area contributed by atoms with E-state index < -0.39 is 0 Å². The maximum Gasteiger partial charge on any atom is 0.187 e. The number of benzene rings is 3. The zero-order chi connectivity index (χ0) is 27.7. The van der Waals surface area contributed by atoms with Gasteiger partial charge in [-0.3, -0.25) is 4.90 Å². The van der Waals surface area contributed by atoms with E-state index in [1.54, 1.807) is 0 Å². The zero-order valence-electron chi connectivity index (χ0n) is 24.7. The summed E-state index contributed by atoms with van der Waals surface area (Å²) in [4.78, 5) is 8.81. The molecular weight excluding hydrogens is 474 g/mol. The minimum absolute atomic E-state index is 0.687. The van der Waals surface area contributed by atoms with Crippen molar-refractivity contribution in [1.29, 1.82) is 0 Å². The van der Waals surface area contributed by atoms with Crippen molar-refractivity contribution in [3.63, 3.8) is 0 Å². The lowest BCUT2D eigenvalue weighted by molar-refractivity contribution is 0.189. The van der Waals surface area contributed by atoms with Crippen LogP contribution in [0.25, 0.3) is 16.0 Å². The Labute approximate surface area is 238 Å². The Morgan fingerprint density at radius 2 is 0.974 bits per heavy atom. The number of rotatable bonds is 18. The van der Waals surface area contributed by atoms with Crippen molar-refractivity contribution in [2.45, 2.75) is 85.2 Å². The van der Waals surface area contributed by atoms with Crippen LogP contribution in [0.1, 0.15) is 82.4 Å². The summed E-state index contributed by atoms with van der Waals surface area (Å²) in [7, 11) is 0. The quantitative estimate of drug-likeness (QED) is 0.121. The van der Waals surface area contributed by atoms with Crippen LogP contribution >= 0.6 is 0 Å². The van der Waals surface area contributed by atoms with Crippen LogP contribution in [0.3, 0.4) is 0 Å². The van der Waals surface area contributed by atoms with Crippen molar-refractivity contribution in [3.05, 3.63) is 101 Å². The Morgan fingerprint density at radius 1 is 0.513 bits per heavy atom. The summed E-state index contributed by atoms with van der Waals surface area (Å²) in [6, 6.07) is 26.2. The molecule has 0 aliphatic carbocycles. The molecule has 0 fully saturated rings. The fourth-order valence-corrected chi connectivity index (χ4v) is 5.03. The molecule has 0 unspecified atom stereocenters. The maximum atomic E-state index is 7.18. The molecule has 0 heterocycles. The van der Waals surface area contributed by atoms with Gasteiger partial charge in [0, 0.05) is 26.2 Å². The first-order valence-corrected chi connectivity index (χ1v) is 15.2. The molecule has 208 valence electrons. The average Bonchev–Trinajstić information content (AvgIpc) is 2.98. The molecule has 0 radical (unpaired) electrons. The molecule has 0 aliphatic heterocycles. The number of hydrogen-bond acceptors (Lipinski definition) is 2. The van der Waals surface area contributed by atoms with E-state index in [0.29, 0.717) is 5.69 Å². The Bertz CT molecular complexity index is 1090. The molecule has 0 aliphatic rings. The van der Waals surface area contributed by atoms with E-state index in [-0.39, 0.29) is 0 Å². The number of unbranched alkanes of at least 4 members (excludes halogenated alkanes) is 4. The maximum absolute atomic E-state index is 7.18. The van der Waals surface area contributed by atoms with Gasteiger partial charge in [-0.15, -0.1) is 0 Å². The van der Waals surface area contributed by atoms with E-state index in [1.807, 2.05) is 24.3 Å². The SMILES string of the molecule is [C-]#[N+]c1ccc(-c2ccc(CN(CCN(CCCC)CCCC)Cc3ccc(CCCCC)cc3)cc2)cc1. The summed E-state index contributed by atoms with van der Waals surface area (Å²) in [6.45, 7) is 20.6. The van der Waals surface area contributed by atoms with Crippen molar-refractivity contribution >= 4 is 5.69 Å². The van der Waals surface area contributed by atoms with Crippen LogP contribution in [0.5, 0.6) is 0 Å². The van der Waals surface area contributed by atoms with Crippen molar-refractivity contribution in [1.82, 2.24) is 9.80 Å². The molecule has 0 saturated heterocycles. The summed E-state index contributed by atoms with van der Waals surface area (Å²) in [5.41, 5.74) is 7.26. The van der Waals surface area contributed by atoms with Crippen LogP contribution in [0.2, 0.25) is 0 Å². The van der Waals surface area contributed by atoms with Gasteiger partial charge in [-0.1, -0.05) is 119 Å². The van der Waals surface area contributed by atoms with Gasteiger partial charge in [-0.05, 0) is 66.6 Å². The smallest absolute Gasteiger partial charge is 0.187 e. The third-order valence-corrected chi connectivity index (χ3v) is 7.58. The van der Waals surface area contributed by atoms with Gasteiger partial charge in [-0.25, -0.2) is 4.85 Å². The minimum Gasteiger partial charge on any atom is -0.302 e. The van der Waals surface area contributed by atoms with Gasteiger partial charge in [0.15, 0.2) is 5.69 Å². The number of aryl methyl sites for hydroxylation is 1. The topological polar surface area (TPSA) is 10.8 Å². The van der Waals surface area contributed by atoms with Crippen molar-refractivity contribution in [2.75, 3.05) is 26.2 Å². The third kappa shape index (κ3) is 11.0. The second-order valence-electron chi connectivity index (χ2n) is 10.9. The van der Waals surface area contributed by atoms with Gasteiger partial charge in [0.05, 0.1) is 6.57 Å². The lowest BCUT2D eigenvalue weighted by Gasteiger charge is -2.28. The summed E-state index contributed by atoms with van der Waals surface area (Å²) in [6.07, 6.45) is 10.1. The van der Waals surface area contributed by atoms with E-state index in [1.165, 1.54) is 86.7 Å². The van der Waals surface area contributed by atoms with E-state index in [0.717, 1.165) is 31.7 Å². The molecule has 3 aromatic carbocycles. The van der Waals surface area contributed by atoms with Crippen molar-refractivity contribution in [3.8, 4) is 11.1 Å².